The molecule has 152 valence electrons. The third-order valence-corrected chi connectivity index (χ3v) is 5.72. The molecule has 0 unspecified atom stereocenters. The van der Waals surface area contributed by atoms with Gasteiger partial charge in [0.2, 0.25) is 0 Å². The van der Waals surface area contributed by atoms with Crippen molar-refractivity contribution < 1.29 is 4.79 Å². The Labute approximate surface area is 183 Å². The topological polar surface area (TPSA) is 72.7 Å². The number of carbonyl (C=O) groups is 1. The summed E-state index contributed by atoms with van der Waals surface area (Å²) in [5.41, 5.74) is 4.46. The maximum atomic E-state index is 13.1. The number of anilines is 1. The van der Waals surface area contributed by atoms with E-state index in [1.165, 1.54) is 11.3 Å². The van der Waals surface area contributed by atoms with Crippen molar-refractivity contribution in [3.8, 4) is 22.6 Å². The van der Waals surface area contributed by atoms with E-state index in [1.54, 1.807) is 23.1 Å². The number of pyridine rings is 1. The number of amides is 1. The van der Waals surface area contributed by atoms with Crippen LogP contribution in [0.5, 0.6) is 0 Å². The average molecular weight is 438 g/mol. The largest absolute Gasteiger partial charge is 0.298 e. The van der Waals surface area contributed by atoms with Gasteiger partial charge in [0, 0.05) is 28.2 Å². The predicted molar refractivity (Wildman–Crippen MR) is 121 cm³/mol. The molecule has 0 aliphatic heterocycles. The van der Waals surface area contributed by atoms with Gasteiger partial charge in [-0.05, 0) is 38.5 Å². The van der Waals surface area contributed by atoms with Gasteiger partial charge in [-0.3, -0.25) is 19.8 Å². The van der Waals surface area contributed by atoms with Crippen molar-refractivity contribution in [1.82, 2.24) is 19.7 Å². The fourth-order valence-electron chi connectivity index (χ4n) is 3.20. The number of benzene rings is 1. The molecular formula is C22H20ClN5OS. The summed E-state index contributed by atoms with van der Waals surface area (Å²) in [6, 6.07) is 11.4. The Morgan fingerprint density at radius 1 is 1.20 bits per heavy atom. The molecule has 8 heteroatoms. The fraction of sp³-hybridized carbons (Fsp3) is 0.182. The molecule has 3 aromatic heterocycles. The zero-order valence-electron chi connectivity index (χ0n) is 16.8. The predicted octanol–water partition coefficient (Wildman–Crippen LogP) is 5.86. The van der Waals surface area contributed by atoms with Crippen LogP contribution in [0, 0.1) is 6.92 Å². The van der Waals surface area contributed by atoms with Gasteiger partial charge < -0.3 is 0 Å². The molecule has 1 amide bonds. The van der Waals surface area contributed by atoms with Crippen molar-refractivity contribution in [1.29, 1.82) is 0 Å². The first-order valence-electron chi connectivity index (χ1n) is 9.47. The van der Waals surface area contributed by atoms with E-state index in [0.717, 1.165) is 22.5 Å². The average Bonchev–Trinajstić information content (AvgIpc) is 3.36. The first-order valence-corrected chi connectivity index (χ1v) is 10.7. The third-order valence-electron chi connectivity index (χ3n) is 4.63. The summed E-state index contributed by atoms with van der Waals surface area (Å²) < 4.78 is 1.81. The number of hydrogen-bond acceptors (Lipinski definition) is 5. The Hall–Kier alpha value is -3.03. The van der Waals surface area contributed by atoms with Crippen LogP contribution in [0.3, 0.4) is 0 Å². The molecule has 1 aromatic carbocycles. The highest BCUT2D eigenvalue weighted by Gasteiger charge is 2.23. The van der Waals surface area contributed by atoms with Crippen LogP contribution in [0.1, 0.15) is 35.8 Å². The van der Waals surface area contributed by atoms with Crippen molar-refractivity contribution in [3.05, 3.63) is 70.3 Å². The fourth-order valence-corrected chi connectivity index (χ4v) is 4.12. The second-order valence-electron chi connectivity index (χ2n) is 7.09. The minimum Gasteiger partial charge on any atom is -0.298 e. The van der Waals surface area contributed by atoms with Crippen LogP contribution in [0.25, 0.3) is 22.6 Å². The van der Waals surface area contributed by atoms with Crippen molar-refractivity contribution in [2.45, 2.75) is 26.8 Å². The van der Waals surface area contributed by atoms with E-state index in [1.807, 2.05) is 56.5 Å². The molecule has 4 aromatic rings. The highest BCUT2D eigenvalue weighted by atomic mass is 35.5. The van der Waals surface area contributed by atoms with E-state index >= 15 is 0 Å². The Morgan fingerprint density at radius 2 is 2.00 bits per heavy atom. The first kappa shape index (κ1) is 20.3. The second-order valence-corrected chi connectivity index (χ2v) is 8.35. The van der Waals surface area contributed by atoms with Gasteiger partial charge in [-0.1, -0.05) is 35.9 Å². The molecule has 4 rings (SSSR count). The Balaban J connectivity index is 1.67. The number of halogens is 1. The zero-order chi connectivity index (χ0) is 21.3. The van der Waals surface area contributed by atoms with Crippen molar-refractivity contribution in [3.63, 3.8) is 0 Å². The Kier molecular flexibility index (Phi) is 5.65. The number of thiazole rings is 1. The lowest BCUT2D eigenvalue weighted by Gasteiger charge is -2.14. The van der Waals surface area contributed by atoms with Crippen molar-refractivity contribution in [2.24, 2.45) is 0 Å². The van der Waals surface area contributed by atoms with Gasteiger partial charge in [0.15, 0.2) is 5.13 Å². The minimum atomic E-state index is -0.282. The smallest absolute Gasteiger partial charge is 0.261 e. The normalized spacial score (nSPS) is 11.1. The van der Waals surface area contributed by atoms with E-state index in [9.17, 15) is 4.79 Å². The van der Waals surface area contributed by atoms with Gasteiger partial charge in [0.05, 0.1) is 23.1 Å². The Bertz CT molecular complexity index is 1210. The van der Waals surface area contributed by atoms with E-state index < -0.39 is 0 Å². The molecule has 0 bridgehead atoms. The van der Waals surface area contributed by atoms with Crippen LogP contribution < -0.4 is 5.32 Å². The van der Waals surface area contributed by atoms with Gasteiger partial charge in [-0.25, -0.2) is 4.98 Å². The summed E-state index contributed by atoms with van der Waals surface area (Å²) in [4.78, 5) is 22.0. The standard InChI is InChI=1S/C22H20ClN5OS/c1-13(2)28-20(15-8-4-5-9-17(15)23)16(11-25-28)21(29)27-22-26-18(12-30-22)19-14(3)7-6-10-24-19/h4-13H,1-3H3,(H,26,27,29). The van der Waals surface area contributed by atoms with Crippen LogP contribution in [0.2, 0.25) is 5.02 Å². The number of aromatic nitrogens is 4. The van der Waals surface area contributed by atoms with Crippen LogP contribution >= 0.6 is 22.9 Å². The van der Waals surface area contributed by atoms with E-state index in [0.29, 0.717) is 21.4 Å². The lowest BCUT2D eigenvalue weighted by molar-refractivity contribution is 0.102. The number of hydrogen-bond donors (Lipinski definition) is 1. The van der Waals surface area contributed by atoms with E-state index in [-0.39, 0.29) is 11.9 Å². The first-order chi connectivity index (χ1) is 14.5. The molecule has 6 nitrogen and oxygen atoms in total. The molecule has 0 aliphatic rings. The molecule has 30 heavy (non-hydrogen) atoms. The van der Waals surface area contributed by atoms with Crippen LogP contribution in [-0.2, 0) is 0 Å². The number of nitrogens with zero attached hydrogens (tertiary/aromatic N) is 4. The molecular weight excluding hydrogens is 418 g/mol. The summed E-state index contributed by atoms with van der Waals surface area (Å²) in [5.74, 6) is -0.282. The summed E-state index contributed by atoms with van der Waals surface area (Å²) in [6.07, 6.45) is 3.31. The van der Waals surface area contributed by atoms with E-state index in [4.69, 9.17) is 11.6 Å². The maximum absolute atomic E-state index is 13.1. The molecule has 0 saturated heterocycles. The highest BCUT2D eigenvalue weighted by Crippen LogP contribution is 2.33. The van der Waals surface area contributed by atoms with E-state index in [2.05, 4.69) is 20.4 Å². The van der Waals surface area contributed by atoms with Crippen molar-refractivity contribution >= 4 is 34.0 Å². The monoisotopic (exact) mass is 437 g/mol. The molecule has 1 N–H and O–H groups in total. The second kappa shape index (κ2) is 8.38. The molecule has 3 heterocycles. The van der Waals surface area contributed by atoms with Crippen LogP contribution in [0.4, 0.5) is 5.13 Å². The molecule has 0 spiro atoms. The molecule has 0 radical (unpaired) electrons. The summed E-state index contributed by atoms with van der Waals surface area (Å²) >= 11 is 7.78. The van der Waals surface area contributed by atoms with Gasteiger partial charge in [0.25, 0.3) is 5.91 Å². The summed E-state index contributed by atoms with van der Waals surface area (Å²) in [6.45, 7) is 6.00. The molecule has 0 atom stereocenters. The lowest BCUT2D eigenvalue weighted by Crippen LogP contribution is -2.14. The van der Waals surface area contributed by atoms with Crippen LogP contribution in [-0.4, -0.2) is 25.7 Å². The van der Waals surface area contributed by atoms with Gasteiger partial charge in [-0.2, -0.15) is 5.10 Å². The minimum absolute atomic E-state index is 0.0661. The number of aryl methyl sites for hydroxylation is 1. The molecule has 0 aliphatic carbocycles. The summed E-state index contributed by atoms with van der Waals surface area (Å²) in [7, 11) is 0. The van der Waals surface area contributed by atoms with Gasteiger partial charge in [-0.15, -0.1) is 11.3 Å². The maximum Gasteiger partial charge on any atom is 0.261 e. The number of carbonyl (C=O) groups excluding carboxylic acids is 1. The van der Waals surface area contributed by atoms with Crippen molar-refractivity contribution in [2.75, 3.05) is 5.32 Å². The zero-order valence-corrected chi connectivity index (χ0v) is 18.3. The molecule has 0 fully saturated rings. The SMILES string of the molecule is Cc1cccnc1-c1csc(NC(=O)c2cnn(C(C)C)c2-c2ccccc2Cl)n1. The highest BCUT2D eigenvalue weighted by molar-refractivity contribution is 7.14. The summed E-state index contributed by atoms with van der Waals surface area (Å²) in [5, 5.41) is 10.3. The molecule has 0 saturated carbocycles. The van der Waals surface area contributed by atoms with Crippen LogP contribution in [0.15, 0.2) is 54.2 Å². The van der Waals surface area contributed by atoms with Gasteiger partial charge >= 0.3 is 0 Å². The third kappa shape index (κ3) is 3.86. The van der Waals surface area contributed by atoms with Gasteiger partial charge in [0.1, 0.15) is 5.69 Å². The Morgan fingerprint density at radius 3 is 2.73 bits per heavy atom. The quantitative estimate of drug-likeness (QED) is 0.424. The number of nitrogens with one attached hydrogen (secondary N) is 1. The number of rotatable bonds is 5. The lowest BCUT2D eigenvalue weighted by atomic mass is 10.1.